The third-order valence-corrected chi connectivity index (χ3v) is 2.23. The highest BCUT2D eigenvalue weighted by Crippen LogP contribution is 2.35. The van der Waals surface area contributed by atoms with Crippen LogP contribution < -0.4 is 21.7 Å². The van der Waals surface area contributed by atoms with Crippen molar-refractivity contribution in [1.82, 2.24) is 0 Å². The van der Waals surface area contributed by atoms with Crippen molar-refractivity contribution in [3.05, 3.63) is 23.1 Å². The van der Waals surface area contributed by atoms with Gasteiger partial charge in [0, 0.05) is 0 Å². The Kier molecular flexibility index (Phi) is 2.06. The molecule has 14 heavy (non-hydrogen) atoms. The summed E-state index contributed by atoms with van der Waals surface area (Å²) in [5.41, 5.74) is 13.4. The van der Waals surface area contributed by atoms with Gasteiger partial charge < -0.3 is 16.0 Å². The van der Waals surface area contributed by atoms with Crippen molar-refractivity contribution in [2.45, 2.75) is 6.29 Å². The summed E-state index contributed by atoms with van der Waals surface area (Å²) in [5.74, 6) is 0. The summed E-state index contributed by atoms with van der Waals surface area (Å²) >= 11 is 0. The minimum Gasteiger partial charge on any atom is -0.351 e. The summed E-state index contributed by atoms with van der Waals surface area (Å²) < 4.78 is 0. The maximum absolute atomic E-state index is 10.3. The van der Waals surface area contributed by atoms with E-state index in [-0.39, 0.29) is 6.29 Å². The van der Waals surface area contributed by atoms with Crippen LogP contribution in [0.15, 0.2) is 23.4 Å². The molecule has 0 amide bonds. The summed E-state index contributed by atoms with van der Waals surface area (Å²) in [4.78, 5) is 12.1. The summed E-state index contributed by atoms with van der Waals surface area (Å²) in [5, 5.41) is 5.84. The summed E-state index contributed by atoms with van der Waals surface area (Å²) in [6, 6.07) is 5.06. The number of benzene rings is 1. The van der Waals surface area contributed by atoms with Gasteiger partial charge in [0.25, 0.3) is 0 Å². The molecule has 0 saturated heterocycles. The first-order valence-corrected chi connectivity index (χ1v) is 4.22. The number of nitrogens with one attached hydrogen (secondary N) is 1. The molecule has 0 saturated carbocycles. The monoisotopic (exact) mass is 193 g/mol. The third kappa shape index (κ3) is 1.21. The average molecular weight is 193 g/mol. The van der Waals surface area contributed by atoms with E-state index < -0.39 is 0 Å². The average Bonchev–Trinajstić information content (AvgIpc) is 2.51. The van der Waals surface area contributed by atoms with Crippen LogP contribution in [0.3, 0.4) is 0 Å². The Hall–Kier alpha value is -1.66. The molecule has 1 aliphatic heterocycles. The van der Waals surface area contributed by atoms with Gasteiger partial charge >= 0.3 is 0 Å². The second kappa shape index (κ2) is 3.24. The summed E-state index contributed by atoms with van der Waals surface area (Å²) in [6.45, 7) is 0.328. The molecular formula is C8H11N5O. The Bertz CT molecular complexity index is 367. The standard InChI is InChI=1S/C8H11N5O/c9-4-13-7-2-1-5(12-14)3-6(7)11-8(13)10/h1-3,8,11H,4,9-10H2. The number of anilines is 2. The number of nitrogens with two attached hydrogens (primary N) is 2. The lowest BCUT2D eigenvalue weighted by Crippen LogP contribution is -2.45. The molecule has 74 valence electrons. The van der Waals surface area contributed by atoms with Crippen LogP contribution in [-0.2, 0) is 0 Å². The highest BCUT2D eigenvalue weighted by atomic mass is 16.3. The van der Waals surface area contributed by atoms with Crippen molar-refractivity contribution in [2.24, 2.45) is 16.6 Å². The highest BCUT2D eigenvalue weighted by molar-refractivity contribution is 5.78. The highest BCUT2D eigenvalue weighted by Gasteiger charge is 2.24. The molecular weight excluding hydrogens is 182 g/mol. The zero-order chi connectivity index (χ0) is 10.1. The molecule has 0 bridgehead atoms. The van der Waals surface area contributed by atoms with Crippen LogP contribution in [0.2, 0.25) is 0 Å². The first-order valence-electron chi connectivity index (χ1n) is 4.22. The molecule has 2 rings (SSSR count). The van der Waals surface area contributed by atoms with Crippen LogP contribution in [-0.4, -0.2) is 13.0 Å². The van der Waals surface area contributed by atoms with Gasteiger partial charge in [0.05, 0.1) is 18.0 Å². The van der Waals surface area contributed by atoms with E-state index in [2.05, 4.69) is 10.5 Å². The quantitative estimate of drug-likeness (QED) is 0.593. The normalized spacial score (nSPS) is 19.0. The minimum absolute atomic E-state index is 0.328. The van der Waals surface area contributed by atoms with Gasteiger partial charge in [-0.15, -0.1) is 4.91 Å². The molecule has 0 fully saturated rings. The minimum atomic E-state index is -0.336. The second-order valence-electron chi connectivity index (χ2n) is 3.03. The molecule has 0 aromatic heterocycles. The van der Waals surface area contributed by atoms with E-state index >= 15 is 0 Å². The van der Waals surface area contributed by atoms with Crippen molar-refractivity contribution >= 4 is 17.1 Å². The topological polar surface area (TPSA) is 96.7 Å². The molecule has 5 N–H and O–H groups in total. The van der Waals surface area contributed by atoms with Crippen LogP contribution >= 0.6 is 0 Å². The lowest BCUT2D eigenvalue weighted by Gasteiger charge is -2.20. The van der Waals surface area contributed by atoms with Gasteiger partial charge in [-0.05, 0) is 23.4 Å². The first kappa shape index (κ1) is 8.92. The Labute approximate surface area is 80.8 Å². The Morgan fingerprint density at radius 3 is 3.00 bits per heavy atom. The number of fused-ring (bicyclic) bond motifs is 1. The fourth-order valence-electron chi connectivity index (χ4n) is 1.55. The molecule has 1 heterocycles. The molecule has 0 aliphatic carbocycles. The van der Waals surface area contributed by atoms with Crippen molar-refractivity contribution in [1.29, 1.82) is 0 Å². The van der Waals surface area contributed by atoms with E-state index in [1.165, 1.54) is 0 Å². The van der Waals surface area contributed by atoms with Gasteiger partial charge in [0.1, 0.15) is 5.69 Å². The van der Waals surface area contributed by atoms with Crippen LogP contribution in [0.25, 0.3) is 0 Å². The predicted octanol–water partition coefficient (Wildman–Crippen LogP) is 0.475. The first-order chi connectivity index (χ1) is 6.76. The van der Waals surface area contributed by atoms with E-state index in [1.807, 2.05) is 0 Å². The number of nitroso groups, excluding NO2 is 1. The predicted molar refractivity (Wildman–Crippen MR) is 55.0 cm³/mol. The maximum Gasteiger partial charge on any atom is 0.154 e. The number of nitrogens with zero attached hydrogens (tertiary/aromatic N) is 2. The van der Waals surface area contributed by atoms with Crippen molar-refractivity contribution in [2.75, 3.05) is 16.9 Å². The van der Waals surface area contributed by atoms with Crippen molar-refractivity contribution in [3.8, 4) is 0 Å². The number of rotatable bonds is 2. The molecule has 0 radical (unpaired) electrons. The summed E-state index contributed by atoms with van der Waals surface area (Å²) in [6.07, 6.45) is -0.336. The zero-order valence-electron chi connectivity index (χ0n) is 7.47. The fourth-order valence-corrected chi connectivity index (χ4v) is 1.55. The van der Waals surface area contributed by atoms with Crippen molar-refractivity contribution in [3.63, 3.8) is 0 Å². The van der Waals surface area contributed by atoms with E-state index in [0.29, 0.717) is 12.4 Å². The zero-order valence-corrected chi connectivity index (χ0v) is 7.47. The number of hydrogen-bond acceptors (Lipinski definition) is 6. The van der Waals surface area contributed by atoms with Gasteiger partial charge in [0.15, 0.2) is 6.29 Å². The molecule has 1 aliphatic rings. The molecule has 1 atom stereocenters. The molecule has 1 aromatic carbocycles. The lowest BCUT2D eigenvalue weighted by molar-refractivity contribution is 0.708. The fraction of sp³-hybridized carbons (Fsp3) is 0.250. The van der Waals surface area contributed by atoms with E-state index in [1.54, 1.807) is 23.1 Å². The van der Waals surface area contributed by atoms with E-state index in [0.717, 1.165) is 11.4 Å². The Balaban J connectivity index is 2.42. The van der Waals surface area contributed by atoms with Gasteiger partial charge in [-0.25, -0.2) is 0 Å². The lowest BCUT2D eigenvalue weighted by atomic mass is 10.2. The van der Waals surface area contributed by atoms with Crippen molar-refractivity contribution < 1.29 is 0 Å². The molecule has 1 aromatic rings. The molecule has 1 unspecified atom stereocenters. The van der Waals surface area contributed by atoms with E-state index in [4.69, 9.17) is 11.5 Å². The largest absolute Gasteiger partial charge is 0.351 e. The second-order valence-corrected chi connectivity index (χ2v) is 3.03. The van der Waals surface area contributed by atoms with E-state index in [9.17, 15) is 4.91 Å². The maximum atomic E-state index is 10.3. The van der Waals surface area contributed by atoms with Gasteiger partial charge in [-0.1, -0.05) is 0 Å². The Morgan fingerprint density at radius 1 is 1.57 bits per heavy atom. The molecule has 6 heteroatoms. The Morgan fingerprint density at radius 2 is 2.36 bits per heavy atom. The van der Waals surface area contributed by atoms with Crippen LogP contribution in [0, 0.1) is 4.91 Å². The van der Waals surface area contributed by atoms with Gasteiger partial charge in [0.2, 0.25) is 0 Å². The summed E-state index contributed by atoms with van der Waals surface area (Å²) in [7, 11) is 0. The third-order valence-electron chi connectivity index (χ3n) is 2.23. The number of hydrogen-bond donors (Lipinski definition) is 3. The molecule has 6 nitrogen and oxygen atoms in total. The van der Waals surface area contributed by atoms with Crippen LogP contribution in [0.5, 0.6) is 0 Å². The van der Waals surface area contributed by atoms with Crippen LogP contribution in [0.4, 0.5) is 17.1 Å². The molecule has 0 spiro atoms. The smallest absolute Gasteiger partial charge is 0.154 e. The van der Waals surface area contributed by atoms with Crippen LogP contribution in [0.1, 0.15) is 0 Å². The van der Waals surface area contributed by atoms with Gasteiger partial charge in [-0.3, -0.25) is 5.73 Å². The SMILES string of the molecule is NCN1c2ccc(N=O)cc2NC1N. The van der Waals surface area contributed by atoms with Gasteiger partial charge in [-0.2, -0.15) is 0 Å².